The molecular formula is C45H26B5N5O. The van der Waals surface area contributed by atoms with Gasteiger partial charge in [-0.15, -0.1) is 16.4 Å². The van der Waals surface area contributed by atoms with Gasteiger partial charge in [-0.2, -0.15) is 9.97 Å². The van der Waals surface area contributed by atoms with Gasteiger partial charge in [0.25, 0.3) is 0 Å². The van der Waals surface area contributed by atoms with Crippen molar-refractivity contribution in [1.29, 1.82) is 0 Å². The predicted molar refractivity (Wildman–Crippen MR) is 232 cm³/mol. The van der Waals surface area contributed by atoms with Crippen LogP contribution in [0.1, 0.15) is 35.6 Å². The standard InChI is InChI=1S/C45H26B5N5O/c46-35-36(47)38(49)42(39(50)37(35)48)54-31-15-7-4-12-25(31)29-20-21-30-26-13-5-8-16-32(26)55(41(30)40(29)54)45-52-43(23-10-2-1-3-11-23)51-44(53-45)24-18-19-28-27-14-6-9-17-33(27)56-34(28)22-24/h1-4,6-11,14-22,25H,5,12-13H2. The molecule has 0 fully saturated rings. The lowest BCUT2D eigenvalue weighted by Crippen LogP contribution is -2.56. The van der Waals surface area contributed by atoms with Crippen molar-refractivity contribution in [2.45, 2.75) is 25.2 Å². The largest absolute Gasteiger partial charge is 0.456 e. The zero-order valence-electron chi connectivity index (χ0n) is 30.2. The van der Waals surface area contributed by atoms with E-state index < -0.39 is 0 Å². The molecule has 8 aromatic rings. The molecule has 0 saturated carbocycles. The van der Waals surface area contributed by atoms with E-state index in [1.165, 1.54) is 5.56 Å². The van der Waals surface area contributed by atoms with Crippen molar-refractivity contribution in [3.63, 3.8) is 0 Å². The van der Waals surface area contributed by atoms with Crippen molar-refractivity contribution >= 4 is 117 Å². The van der Waals surface area contributed by atoms with E-state index in [0.717, 1.165) is 85.9 Å². The van der Waals surface area contributed by atoms with Crippen LogP contribution in [0.25, 0.3) is 67.6 Å². The molecule has 0 spiro atoms. The highest BCUT2D eigenvalue weighted by atomic mass is 16.3. The zero-order valence-corrected chi connectivity index (χ0v) is 30.2. The maximum absolute atomic E-state index is 6.85. The summed E-state index contributed by atoms with van der Waals surface area (Å²) in [6, 6.07) is 28.6. The molecule has 11 heteroatoms. The fourth-order valence-corrected chi connectivity index (χ4v) is 8.80. The smallest absolute Gasteiger partial charge is 0.238 e. The van der Waals surface area contributed by atoms with Gasteiger partial charge in [-0.25, -0.2) is 4.98 Å². The molecule has 1 unspecified atom stereocenters. The summed E-state index contributed by atoms with van der Waals surface area (Å²) in [6.45, 7) is 0. The lowest BCUT2D eigenvalue weighted by Gasteiger charge is -2.32. The third-order valence-corrected chi connectivity index (χ3v) is 11.5. The second kappa shape index (κ2) is 12.4. The van der Waals surface area contributed by atoms with E-state index in [9.17, 15) is 0 Å². The Morgan fingerprint density at radius 3 is 2.18 bits per heavy atom. The maximum Gasteiger partial charge on any atom is 0.238 e. The fraction of sp³-hybridized carbons (Fsp3) is 0.0889. The number of aryl methyl sites for hydroxylation is 1. The van der Waals surface area contributed by atoms with Crippen LogP contribution in [-0.2, 0) is 6.42 Å². The SMILES string of the molecule is [B]c1c([B])c([B])c(N2C3=CC=CCC3c3ccc4c5c(n(-c6nc(-c7ccccc7)nc(-c7ccc8c(c7)oc7ccccc78)n6)c4c32)C=CCC5)c([B])c1[B]. The van der Waals surface area contributed by atoms with Gasteiger partial charge in [0.15, 0.2) is 11.6 Å². The highest BCUT2D eigenvalue weighted by Crippen LogP contribution is 2.54. The van der Waals surface area contributed by atoms with E-state index in [0.29, 0.717) is 23.3 Å². The van der Waals surface area contributed by atoms with Crippen LogP contribution in [0.3, 0.4) is 0 Å². The van der Waals surface area contributed by atoms with E-state index in [2.05, 4.69) is 64.1 Å². The zero-order chi connectivity index (χ0) is 37.8. The molecule has 10 radical (unpaired) electrons. The molecule has 2 aliphatic carbocycles. The first kappa shape index (κ1) is 33.2. The summed E-state index contributed by atoms with van der Waals surface area (Å²) in [5.41, 5.74) is 11.1. The van der Waals surface area contributed by atoms with Gasteiger partial charge in [0.1, 0.15) is 50.4 Å². The fourth-order valence-electron chi connectivity index (χ4n) is 8.80. The number of hydrogen-bond acceptors (Lipinski definition) is 5. The van der Waals surface area contributed by atoms with E-state index in [4.69, 9.17) is 58.6 Å². The number of aromatic nitrogens is 4. The molecule has 3 aliphatic rings. The van der Waals surface area contributed by atoms with Gasteiger partial charge in [0.2, 0.25) is 5.95 Å². The van der Waals surface area contributed by atoms with Crippen molar-refractivity contribution in [2.75, 3.05) is 4.90 Å². The van der Waals surface area contributed by atoms with Crippen molar-refractivity contribution in [3.05, 3.63) is 132 Å². The molecule has 56 heavy (non-hydrogen) atoms. The highest BCUT2D eigenvalue weighted by Gasteiger charge is 2.40. The molecule has 5 aromatic carbocycles. The molecule has 4 heterocycles. The minimum absolute atomic E-state index is 0.0263. The second-order valence-corrected chi connectivity index (χ2v) is 14.6. The Bertz CT molecular complexity index is 3060. The predicted octanol–water partition coefficient (Wildman–Crippen LogP) is 5.06. The van der Waals surface area contributed by atoms with Crippen molar-refractivity contribution in [3.8, 4) is 28.7 Å². The van der Waals surface area contributed by atoms with Crippen LogP contribution in [0.5, 0.6) is 0 Å². The molecule has 0 saturated heterocycles. The molecule has 252 valence electrons. The van der Waals surface area contributed by atoms with Crippen molar-refractivity contribution < 1.29 is 4.42 Å². The van der Waals surface area contributed by atoms with E-state index in [1.54, 1.807) is 0 Å². The number of anilines is 2. The summed E-state index contributed by atoms with van der Waals surface area (Å²) in [5, 5.41) is 3.17. The Kier molecular flexibility index (Phi) is 7.34. The Morgan fingerprint density at radius 2 is 1.36 bits per heavy atom. The van der Waals surface area contributed by atoms with Crippen molar-refractivity contribution in [2.24, 2.45) is 0 Å². The molecule has 6 nitrogen and oxygen atoms in total. The number of furan rings is 1. The van der Waals surface area contributed by atoms with Gasteiger partial charge >= 0.3 is 0 Å². The molecule has 11 rings (SSSR count). The number of para-hydroxylation sites is 1. The third-order valence-electron chi connectivity index (χ3n) is 11.5. The molecule has 0 bridgehead atoms. The van der Waals surface area contributed by atoms with Crippen LogP contribution in [-0.4, -0.2) is 58.8 Å². The number of hydrogen-bond donors (Lipinski definition) is 0. The summed E-state index contributed by atoms with van der Waals surface area (Å²) < 4.78 is 8.48. The quantitative estimate of drug-likeness (QED) is 0.240. The minimum atomic E-state index is 0.0263. The Hall–Kier alpha value is -6.21. The molecule has 3 aromatic heterocycles. The highest BCUT2D eigenvalue weighted by molar-refractivity contribution is 6.69. The first-order valence-electron chi connectivity index (χ1n) is 18.7. The number of rotatable bonds is 4. The molecule has 1 aliphatic heterocycles. The summed E-state index contributed by atoms with van der Waals surface area (Å²) in [6.07, 6.45) is 13.3. The number of benzene rings is 5. The average molecular weight is 707 g/mol. The Labute approximate surface area is 330 Å². The van der Waals surface area contributed by atoms with Gasteiger partial charge in [0.05, 0.1) is 16.9 Å². The lowest BCUT2D eigenvalue weighted by atomic mass is 9.61. The van der Waals surface area contributed by atoms with Gasteiger partial charge < -0.3 is 9.32 Å². The van der Waals surface area contributed by atoms with E-state index in [-0.39, 0.29) is 33.2 Å². The summed E-state index contributed by atoms with van der Waals surface area (Å²) in [5.74, 6) is 1.56. The average Bonchev–Trinajstić information content (AvgIpc) is 3.90. The maximum atomic E-state index is 6.85. The molecule has 0 amide bonds. The minimum Gasteiger partial charge on any atom is -0.456 e. The van der Waals surface area contributed by atoms with Crippen LogP contribution in [0, 0.1) is 0 Å². The Morgan fingerprint density at radius 1 is 0.643 bits per heavy atom. The lowest BCUT2D eigenvalue weighted by molar-refractivity contribution is 0.669. The molecule has 0 N–H and O–H groups in total. The second-order valence-electron chi connectivity index (χ2n) is 14.6. The first-order chi connectivity index (χ1) is 27.4. The van der Waals surface area contributed by atoms with Gasteiger partial charge in [0, 0.05) is 44.6 Å². The number of nitrogens with zero attached hydrogens (tertiary/aromatic N) is 5. The van der Waals surface area contributed by atoms with Crippen molar-refractivity contribution in [1.82, 2.24) is 19.5 Å². The molecule has 1 atom stereocenters. The van der Waals surface area contributed by atoms with Crippen LogP contribution in [0.15, 0.2) is 119 Å². The van der Waals surface area contributed by atoms with Crippen LogP contribution in [0.4, 0.5) is 11.4 Å². The number of fused-ring (bicyclic) bond motifs is 10. The Balaban J connectivity index is 1.23. The summed E-state index contributed by atoms with van der Waals surface area (Å²) in [7, 11) is 33.1. The summed E-state index contributed by atoms with van der Waals surface area (Å²) in [4.78, 5) is 17.8. The van der Waals surface area contributed by atoms with Gasteiger partial charge in [-0.1, -0.05) is 95.9 Å². The van der Waals surface area contributed by atoms with Crippen LogP contribution in [0.2, 0.25) is 0 Å². The van der Waals surface area contributed by atoms with Crippen LogP contribution >= 0.6 is 0 Å². The van der Waals surface area contributed by atoms with Gasteiger partial charge in [-0.3, -0.25) is 4.57 Å². The third kappa shape index (κ3) is 4.73. The monoisotopic (exact) mass is 707 g/mol. The number of allylic oxidation sites excluding steroid dienone is 5. The topological polar surface area (TPSA) is 60.0 Å². The molecular weight excluding hydrogens is 681 g/mol. The van der Waals surface area contributed by atoms with Gasteiger partial charge in [-0.05, 0) is 60.7 Å². The van der Waals surface area contributed by atoms with Crippen LogP contribution < -0.4 is 32.2 Å². The van der Waals surface area contributed by atoms with E-state index in [1.807, 2.05) is 60.7 Å². The van der Waals surface area contributed by atoms with E-state index >= 15 is 0 Å². The normalized spacial score (nSPS) is 15.8. The first-order valence-corrected chi connectivity index (χ1v) is 18.7. The summed E-state index contributed by atoms with van der Waals surface area (Å²) >= 11 is 0.